The first-order valence-electron chi connectivity index (χ1n) is 26.6. The Kier molecular flexibility index (Phi) is 59.7. The van der Waals surface area contributed by atoms with Crippen molar-refractivity contribution in [1.82, 2.24) is 20.0 Å². The molecular formula is C59H96BKN4NaO15. The van der Waals surface area contributed by atoms with E-state index < -0.39 is 18.0 Å². The zero-order chi connectivity index (χ0) is 54.9. The molecule has 4 aliphatic heterocycles. The number of esters is 1. The maximum absolute atomic E-state index is 12.2. The topological polar surface area (TPSA) is 272 Å². The van der Waals surface area contributed by atoms with Crippen LogP contribution in [0.3, 0.4) is 0 Å². The van der Waals surface area contributed by atoms with Crippen molar-refractivity contribution in [2.75, 3.05) is 73.2 Å². The average molecular weight is 1170 g/mol. The summed E-state index contributed by atoms with van der Waals surface area (Å²) in [6, 6.07) is 28.8. The quantitative estimate of drug-likeness (QED) is 0.0938. The van der Waals surface area contributed by atoms with Gasteiger partial charge in [0.2, 0.25) is 0 Å². The van der Waals surface area contributed by atoms with Gasteiger partial charge in [-0.1, -0.05) is 106 Å². The normalized spacial score (nSPS) is 16.4. The minimum Gasteiger partial charge on any atom is -1.00 e. The molecule has 6 N–H and O–H groups in total. The molecule has 3 radical (unpaired) electrons. The number of hydrogen-bond donors (Lipinski definition) is 5. The van der Waals surface area contributed by atoms with E-state index in [0.717, 1.165) is 108 Å². The summed E-state index contributed by atoms with van der Waals surface area (Å²) in [6.07, 6.45) is 9.92. The van der Waals surface area contributed by atoms with Gasteiger partial charge in [-0.25, -0.2) is 14.4 Å². The number of rotatable bonds is 8. The van der Waals surface area contributed by atoms with Crippen LogP contribution >= 0.6 is 0 Å². The molecule has 7 rings (SSSR count). The summed E-state index contributed by atoms with van der Waals surface area (Å²) in [5.41, 5.74) is 2.90. The van der Waals surface area contributed by atoms with E-state index in [-0.39, 0.29) is 167 Å². The second-order valence-corrected chi connectivity index (χ2v) is 18.1. The number of ketones is 2. The van der Waals surface area contributed by atoms with Crippen molar-refractivity contribution in [3.05, 3.63) is 108 Å². The molecule has 4 saturated heterocycles. The van der Waals surface area contributed by atoms with Gasteiger partial charge in [-0.2, -0.15) is 0 Å². The zero-order valence-electron chi connectivity index (χ0n) is 48.7. The Labute approximate surface area is 552 Å². The van der Waals surface area contributed by atoms with E-state index in [1.54, 1.807) is 21.6 Å². The number of carbonyl (C=O) groups is 6. The maximum atomic E-state index is 12.2. The third-order valence-electron chi connectivity index (χ3n) is 12.4. The van der Waals surface area contributed by atoms with Crippen molar-refractivity contribution in [2.24, 2.45) is 5.92 Å². The molecule has 19 nitrogen and oxygen atoms in total. The Morgan fingerprint density at radius 2 is 0.840 bits per heavy atom. The molecule has 3 aromatic rings. The van der Waals surface area contributed by atoms with Gasteiger partial charge in [-0.05, 0) is 114 Å². The predicted octanol–water partition coefficient (Wildman–Crippen LogP) is 2.45. The summed E-state index contributed by atoms with van der Waals surface area (Å²) in [5.74, 6) is -1.08. The smallest absolute Gasteiger partial charge is 1.00 e. The molecule has 0 saturated carbocycles. The molecule has 447 valence electrons. The number of ether oxygens (including phenoxy) is 4. The van der Waals surface area contributed by atoms with Gasteiger partial charge in [-0.15, -0.1) is 0 Å². The minimum absolute atomic E-state index is 0. The van der Waals surface area contributed by atoms with E-state index in [4.69, 9.17) is 29.2 Å². The fraction of sp³-hybridized carbons (Fsp3) is 0.593. The summed E-state index contributed by atoms with van der Waals surface area (Å²) in [7, 11) is 2.00. The van der Waals surface area contributed by atoms with Crippen molar-refractivity contribution >= 4 is 44.2 Å². The van der Waals surface area contributed by atoms with E-state index in [2.05, 4.69) is 5.32 Å². The molecule has 4 fully saturated rings. The van der Waals surface area contributed by atoms with E-state index in [9.17, 15) is 39.0 Å². The number of amides is 3. The Morgan fingerprint density at radius 1 is 0.519 bits per heavy atom. The van der Waals surface area contributed by atoms with Gasteiger partial charge in [0.15, 0.2) is 0 Å². The molecule has 22 heteroatoms. The largest absolute Gasteiger partial charge is 1.00 e. The maximum Gasteiger partial charge on any atom is 1.00 e. The van der Waals surface area contributed by atoms with E-state index in [1.165, 1.54) is 0 Å². The molecule has 0 aromatic heterocycles. The first-order chi connectivity index (χ1) is 36.5. The molecule has 81 heavy (non-hydrogen) atoms. The summed E-state index contributed by atoms with van der Waals surface area (Å²) in [6.45, 7) is 8.26. The molecule has 3 aromatic carbocycles. The van der Waals surface area contributed by atoms with Gasteiger partial charge in [0.1, 0.15) is 37.3 Å². The van der Waals surface area contributed by atoms with Crippen molar-refractivity contribution in [3.63, 3.8) is 0 Å². The number of benzene rings is 3. The summed E-state index contributed by atoms with van der Waals surface area (Å²) in [5, 5.41) is 36.0. The van der Waals surface area contributed by atoms with E-state index >= 15 is 0 Å². The van der Waals surface area contributed by atoms with Crippen LogP contribution in [0.25, 0.3) is 0 Å². The Morgan fingerprint density at radius 3 is 1.20 bits per heavy atom. The van der Waals surface area contributed by atoms with Crippen LogP contribution < -0.4 is 86.3 Å². The van der Waals surface area contributed by atoms with Gasteiger partial charge >= 0.3 is 105 Å². The molecule has 4 aliphatic rings. The van der Waals surface area contributed by atoms with Gasteiger partial charge in [0.05, 0.1) is 18.8 Å². The van der Waals surface area contributed by atoms with Crippen LogP contribution in [0.1, 0.15) is 136 Å². The Bertz CT molecular complexity index is 1990. The summed E-state index contributed by atoms with van der Waals surface area (Å²) >= 11 is 0. The number of Topliss-reactive ketones (excluding diaryl/α,β-unsaturated/α-hetero) is 2. The zero-order valence-corrected chi connectivity index (χ0v) is 52.8. The van der Waals surface area contributed by atoms with Crippen LogP contribution in [-0.2, 0) is 53.2 Å². The number of carbonyl (C=O) groups excluding carboxylic acids is 6. The van der Waals surface area contributed by atoms with Crippen LogP contribution in [0.5, 0.6) is 0 Å². The fourth-order valence-corrected chi connectivity index (χ4v) is 8.31. The number of aliphatic hydroxyl groups is 4. The van der Waals surface area contributed by atoms with Crippen LogP contribution in [0, 0.1) is 5.92 Å². The monoisotopic (exact) mass is 1170 g/mol. The van der Waals surface area contributed by atoms with Crippen LogP contribution in [0.15, 0.2) is 91.0 Å². The second-order valence-electron chi connectivity index (χ2n) is 18.1. The molecular weight excluding hydrogens is 1080 g/mol. The fourth-order valence-electron chi connectivity index (χ4n) is 8.31. The van der Waals surface area contributed by atoms with Crippen molar-refractivity contribution in [2.45, 2.75) is 150 Å². The van der Waals surface area contributed by atoms with Gasteiger partial charge in [0, 0.05) is 81.2 Å². The molecule has 0 aliphatic carbocycles. The van der Waals surface area contributed by atoms with Crippen molar-refractivity contribution in [1.29, 1.82) is 0 Å². The Balaban J connectivity index is -0.000000231. The number of nitrogens with one attached hydrogen (secondary N) is 1. The van der Waals surface area contributed by atoms with Crippen LogP contribution in [-0.4, -0.2) is 170 Å². The summed E-state index contributed by atoms with van der Waals surface area (Å²) in [4.78, 5) is 76.3. The van der Waals surface area contributed by atoms with Gasteiger partial charge in [0.25, 0.3) is 0 Å². The first kappa shape index (κ1) is 86.5. The molecule has 4 heterocycles. The average Bonchev–Trinajstić information content (AvgIpc) is 3.41. The molecule has 1 unspecified atom stereocenters. The molecule has 1 atom stereocenters. The van der Waals surface area contributed by atoms with Crippen molar-refractivity contribution < 1.29 is 156 Å². The third-order valence-corrected chi connectivity index (χ3v) is 12.4. The number of nitrogens with zero attached hydrogens (tertiary/aromatic N) is 3. The third kappa shape index (κ3) is 39.8. The van der Waals surface area contributed by atoms with E-state index in [0.29, 0.717) is 77.5 Å². The first-order valence-corrected chi connectivity index (χ1v) is 26.6. The molecule has 0 spiro atoms. The van der Waals surface area contributed by atoms with Crippen molar-refractivity contribution in [3.8, 4) is 0 Å². The minimum atomic E-state index is -0.783. The predicted molar refractivity (Wildman–Crippen MR) is 307 cm³/mol. The van der Waals surface area contributed by atoms with Crippen LogP contribution in [0.2, 0.25) is 0 Å². The standard InChI is InChI=1S/C18H23NO5.C15H21NO3.C15H19NO3.C7H15NO.2CH4O.2CH4.B.K.Na.H2O.H/c1-2-23-17(21)15-10-12-19(11-6-9-16(15)20)18(22)24-13-14-7-4-3-5-8-14;2*17-14-8-4-10-16(11-5-9-14)15(18)19-12-13-6-2-1-3-7-13;9-7-3-1-5-8-6-2-4-7;2*1-2;;;;;;;/h3-5,7-8,15H,2,6,9-13H2,1H3;1-3,6-7,14,17H,4-5,8-12H2;1-3,6-7H,4-5,8-12H2;7-9H,1-6H2;2*2H,1H3;2*1H4;;;;1H2;/q;;;;;;;;;2*+1;;-1/p-1. The van der Waals surface area contributed by atoms with E-state index in [1.807, 2.05) is 91.0 Å². The van der Waals surface area contributed by atoms with Gasteiger partial charge in [-0.3, -0.25) is 14.4 Å². The number of likely N-dealkylation sites (tertiary alicyclic amines) is 3. The SMILES string of the molecule is C.C.CCOC(=O)C1CCN(C(=O)OCc2ccccc2)CCCC1=O.CO.CO.O=C(OCc1ccccc1)N1CCCC(O)CCC1.O=C1CCCN(C(=O)OCc2ccccc2)CCC1.OC1CCCNCCC1.[B].[H-].[K+].[Na+].[OH-]. The van der Waals surface area contributed by atoms with Gasteiger partial charge < -0.3 is 66.3 Å². The summed E-state index contributed by atoms with van der Waals surface area (Å²) < 4.78 is 20.9. The Hall–Kier alpha value is -3.26. The number of aliphatic hydroxyl groups excluding tert-OH is 4. The number of hydrogen-bond acceptors (Lipinski definition) is 16. The van der Waals surface area contributed by atoms with Crippen LogP contribution in [0.4, 0.5) is 14.4 Å². The second kappa shape index (κ2) is 55.9. The molecule has 0 bridgehead atoms. The molecule has 3 amide bonds.